The molecule has 1 aliphatic heterocycles. The van der Waals surface area contributed by atoms with Crippen LogP contribution in [0.4, 0.5) is 5.82 Å². The van der Waals surface area contributed by atoms with Gasteiger partial charge in [-0.1, -0.05) is 6.07 Å². The number of ether oxygens (including phenoxy) is 1. The molecule has 2 aliphatic rings. The summed E-state index contributed by atoms with van der Waals surface area (Å²) in [5.41, 5.74) is 4.60. The van der Waals surface area contributed by atoms with E-state index in [2.05, 4.69) is 28.8 Å². The summed E-state index contributed by atoms with van der Waals surface area (Å²) in [5.74, 6) is 0.0993. The van der Waals surface area contributed by atoms with Gasteiger partial charge in [-0.05, 0) is 93.2 Å². The normalized spacial score (nSPS) is 19.2. The maximum Gasteiger partial charge on any atom is 0.326 e. The van der Waals surface area contributed by atoms with Crippen molar-refractivity contribution in [1.82, 2.24) is 10.3 Å². The van der Waals surface area contributed by atoms with Gasteiger partial charge in [-0.2, -0.15) is 5.26 Å². The van der Waals surface area contributed by atoms with Gasteiger partial charge in [0.15, 0.2) is 0 Å². The van der Waals surface area contributed by atoms with Crippen LogP contribution in [0.15, 0.2) is 24.3 Å². The quantitative estimate of drug-likeness (QED) is 0.461. The van der Waals surface area contributed by atoms with Crippen LogP contribution in [-0.2, 0) is 22.4 Å². The largest absolute Gasteiger partial charge is 0.480 e. The first kappa shape index (κ1) is 25.6. The number of benzene rings is 1. The van der Waals surface area contributed by atoms with Gasteiger partial charge < -0.3 is 20.5 Å². The summed E-state index contributed by atoms with van der Waals surface area (Å²) in [6.45, 7) is 4.75. The molecule has 3 N–H and O–H groups in total. The molecular formula is C28H34N4O4. The van der Waals surface area contributed by atoms with Crippen molar-refractivity contribution in [3.8, 4) is 6.07 Å². The molecule has 0 unspecified atom stereocenters. The highest BCUT2D eigenvalue weighted by atomic mass is 16.5. The molecule has 1 aliphatic carbocycles. The molecule has 190 valence electrons. The average Bonchev–Trinajstić information content (AvgIpc) is 2.83. The fraction of sp³-hybridized carbons (Fsp3) is 0.500. The maximum absolute atomic E-state index is 12.8. The lowest BCUT2D eigenvalue weighted by Gasteiger charge is -2.35. The number of hydrogen-bond acceptors (Lipinski definition) is 6. The standard InChI is InChI=1S/C28H34N4O4/c1-17-12-20(16-29)13-18(2)25(17)27(33)32-24(28(34)35)9-11-36-23-14-19(15-23)5-7-22-8-6-21-4-3-10-30-26(21)31-22/h6,8,12-13,19,23-24H,3-5,7,9-11,14-15H2,1-2H3,(H,30,31)(H,32,33)(H,34,35)/t19?,23?,24-/m0/s1. The topological polar surface area (TPSA) is 124 Å². The summed E-state index contributed by atoms with van der Waals surface area (Å²) in [6.07, 6.45) is 6.56. The lowest BCUT2D eigenvalue weighted by molar-refractivity contribution is -0.140. The van der Waals surface area contributed by atoms with E-state index in [1.54, 1.807) is 26.0 Å². The van der Waals surface area contributed by atoms with Crippen molar-refractivity contribution in [2.45, 2.75) is 70.9 Å². The Morgan fingerprint density at radius 2 is 2.03 bits per heavy atom. The fourth-order valence-corrected chi connectivity index (χ4v) is 5.13. The lowest BCUT2D eigenvalue weighted by atomic mass is 9.79. The predicted molar refractivity (Wildman–Crippen MR) is 136 cm³/mol. The van der Waals surface area contributed by atoms with E-state index in [4.69, 9.17) is 15.0 Å². The van der Waals surface area contributed by atoms with Crippen LogP contribution < -0.4 is 10.6 Å². The van der Waals surface area contributed by atoms with E-state index < -0.39 is 17.9 Å². The molecule has 0 spiro atoms. The number of hydrogen-bond donors (Lipinski definition) is 3. The molecule has 0 saturated heterocycles. The third kappa shape index (κ3) is 6.21. The minimum absolute atomic E-state index is 0.140. The van der Waals surface area contributed by atoms with Gasteiger partial charge in [0.1, 0.15) is 11.9 Å². The van der Waals surface area contributed by atoms with Crippen LogP contribution in [0.3, 0.4) is 0 Å². The van der Waals surface area contributed by atoms with E-state index in [1.807, 2.05) is 0 Å². The molecule has 0 bridgehead atoms. The van der Waals surface area contributed by atoms with Crippen LogP contribution in [-0.4, -0.2) is 47.3 Å². The number of rotatable bonds is 10. The van der Waals surface area contributed by atoms with Gasteiger partial charge in [0.05, 0.1) is 17.7 Å². The van der Waals surface area contributed by atoms with E-state index in [1.165, 1.54) is 5.56 Å². The molecule has 36 heavy (non-hydrogen) atoms. The van der Waals surface area contributed by atoms with Crippen LogP contribution in [0.5, 0.6) is 0 Å². The first-order valence-electron chi connectivity index (χ1n) is 12.7. The van der Waals surface area contributed by atoms with Crippen molar-refractivity contribution >= 4 is 17.7 Å². The van der Waals surface area contributed by atoms with Crippen LogP contribution in [0, 0.1) is 31.1 Å². The Morgan fingerprint density at radius 1 is 1.28 bits per heavy atom. The SMILES string of the molecule is Cc1cc(C#N)cc(C)c1C(=O)N[C@@H](CCOC1CC(CCc2ccc3c(n2)NCCC3)C1)C(=O)O. The van der Waals surface area contributed by atoms with Crippen molar-refractivity contribution in [2.75, 3.05) is 18.5 Å². The van der Waals surface area contributed by atoms with E-state index in [9.17, 15) is 14.7 Å². The highest BCUT2D eigenvalue weighted by Gasteiger charge is 2.30. The number of nitrogens with zero attached hydrogens (tertiary/aromatic N) is 2. The second-order valence-electron chi connectivity index (χ2n) is 9.96. The summed E-state index contributed by atoms with van der Waals surface area (Å²) >= 11 is 0. The number of aryl methyl sites for hydroxylation is 4. The number of pyridine rings is 1. The van der Waals surface area contributed by atoms with Gasteiger partial charge in [0.2, 0.25) is 0 Å². The molecule has 4 rings (SSSR count). The van der Waals surface area contributed by atoms with E-state index in [-0.39, 0.29) is 19.1 Å². The molecule has 1 amide bonds. The second kappa shape index (κ2) is 11.5. The number of aliphatic carboxylic acids is 1. The van der Waals surface area contributed by atoms with Gasteiger partial charge >= 0.3 is 5.97 Å². The van der Waals surface area contributed by atoms with Crippen molar-refractivity contribution in [2.24, 2.45) is 5.92 Å². The maximum atomic E-state index is 12.8. The Balaban J connectivity index is 1.19. The number of amides is 1. The van der Waals surface area contributed by atoms with E-state index in [0.29, 0.717) is 28.2 Å². The number of carboxylic acids is 1. The number of carboxylic acid groups (broad SMARTS) is 1. The smallest absolute Gasteiger partial charge is 0.326 e. The van der Waals surface area contributed by atoms with Gasteiger partial charge in [-0.15, -0.1) is 0 Å². The molecular weight excluding hydrogens is 456 g/mol. The Labute approximate surface area is 212 Å². The average molecular weight is 491 g/mol. The summed E-state index contributed by atoms with van der Waals surface area (Å²) in [6, 6.07) is 8.62. The molecule has 2 aromatic rings. The predicted octanol–water partition coefficient (Wildman–Crippen LogP) is 3.93. The number of carbonyl (C=O) groups is 2. The summed E-state index contributed by atoms with van der Waals surface area (Å²) in [7, 11) is 0. The number of anilines is 1. The van der Waals surface area contributed by atoms with Gasteiger partial charge in [-0.3, -0.25) is 4.79 Å². The molecule has 1 aromatic carbocycles. The zero-order chi connectivity index (χ0) is 25.7. The zero-order valence-electron chi connectivity index (χ0n) is 21.0. The number of aromatic nitrogens is 1. The molecule has 2 heterocycles. The Hall–Kier alpha value is -3.44. The van der Waals surface area contributed by atoms with Crippen LogP contribution in [0.2, 0.25) is 0 Å². The van der Waals surface area contributed by atoms with Crippen molar-refractivity contribution in [3.05, 3.63) is 57.8 Å². The minimum Gasteiger partial charge on any atom is -0.480 e. The Kier molecular flexibility index (Phi) is 8.21. The van der Waals surface area contributed by atoms with Crippen molar-refractivity contribution < 1.29 is 19.4 Å². The molecule has 0 radical (unpaired) electrons. The van der Waals surface area contributed by atoms with Crippen LogP contribution in [0.25, 0.3) is 0 Å². The number of carbonyl (C=O) groups excluding carboxylic acids is 1. The second-order valence-corrected chi connectivity index (χ2v) is 9.96. The Bertz CT molecular complexity index is 1140. The molecule has 8 heteroatoms. The molecule has 1 atom stereocenters. The summed E-state index contributed by atoms with van der Waals surface area (Å²) in [4.78, 5) is 29.3. The van der Waals surface area contributed by atoms with Crippen molar-refractivity contribution in [1.29, 1.82) is 5.26 Å². The fourth-order valence-electron chi connectivity index (χ4n) is 5.13. The first-order valence-corrected chi connectivity index (χ1v) is 12.7. The third-order valence-corrected chi connectivity index (χ3v) is 7.21. The number of nitrogens with one attached hydrogen (secondary N) is 2. The number of nitriles is 1. The van der Waals surface area contributed by atoms with Gasteiger partial charge in [0.25, 0.3) is 5.91 Å². The van der Waals surface area contributed by atoms with Crippen molar-refractivity contribution in [3.63, 3.8) is 0 Å². The molecule has 1 saturated carbocycles. The number of fused-ring (bicyclic) bond motifs is 1. The highest BCUT2D eigenvalue weighted by molar-refractivity contribution is 5.99. The lowest BCUT2D eigenvalue weighted by Crippen LogP contribution is -2.42. The minimum atomic E-state index is -1.09. The molecule has 1 fully saturated rings. The van der Waals surface area contributed by atoms with E-state index in [0.717, 1.165) is 56.6 Å². The monoisotopic (exact) mass is 490 g/mol. The Morgan fingerprint density at radius 3 is 2.72 bits per heavy atom. The third-order valence-electron chi connectivity index (χ3n) is 7.21. The van der Waals surface area contributed by atoms with Gasteiger partial charge in [0, 0.05) is 30.8 Å². The summed E-state index contributed by atoms with van der Waals surface area (Å²) in [5, 5.41) is 24.7. The van der Waals surface area contributed by atoms with Crippen LogP contribution in [0.1, 0.15) is 70.4 Å². The molecule has 8 nitrogen and oxygen atoms in total. The van der Waals surface area contributed by atoms with E-state index >= 15 is 0 Å². The van der Waals surface area contributed by atoms with Crippen LogP contribution >= 0.6 is 0 Å². The van der Waals surface area contributed by atoms with Gasteiger partial charge in [-0.25, -0.2) is 9.78 Å². The molecule has 1 aromatic heterocycles. The summed E-state index contributed by atoms with van der Waals surface area (Å²) < 4.78 is 5.90. The highest BCUT2D eigenvalue weighted by Crippen LogP contribution is 2.34. The zero-order valence-corrected chi connectivity index (χ0v) is 21.0. The first-order chi connectivity index (χ1) is 17.3.